The first-order valence-electron chi connectivity index (χ1n) is 4.15. The number of nitrogens with zero attached hydrogens (tertiary/aromatic N) is 1. The van der Waals surface area contributed by atoms with E-state index in [0.29, 0.717) is 0 Å². The topological polar surface area (TPSA) is 41.5 Å². The number of carbonyl (C=O) groups is 1. The average Bonchev–Trinajstić information content (AvgIpc) is 2.17. The largest absolute Gasteiger partial charge is 0.346 e. The van der Waals surface area contributed by atoms with Crippen LogP contribution in [0.3, 0.4) is 0 Å². The first kappa shape index (κ1) is 7.98. The van der Waals surface area contributed by atoms with Gasteiger partial charge in [-0.25, -0.2) is 0 Å². The van der Waals surface area contributed by atoms with Gasteiger partial charge in [-0.1, -0.05) is 17.7 Å². The highest BCUT2D eigenvalue weighted by Gasteiger charge is 2.15. The van der Waals surface area contributed by atoms with Crippen LogP contribution in [0.25, 0.3) is 0 Å². The summed E-state index contributed by atoms with van der Waals surface area (Å²) in [7, 11) is 0. The number of hydrogen-bond acceptors (Lipinski definition) is 3. The van der Waals surface area contributed by atoms with E-state index in [0.717, 1.165) is 23.1 Å². The van der Waals surface area contributed by atoms with Crippen LogP contribution in [0, 0.1) is 6.92 Å². The van der Waals surface area contributed by atoms with Crippen molar-refractivity contribution in [3.8, 4) is 0 Å². The SMILES string of the molecule is Cc1ccc2c(c1)C(C=O)N=CN2. The van der Waals surface area contributed by atoms with Gasteiger partial charge in [0.15, 0.2) is 0 Å². The number of anilines is 1. The van der Waals surface area contributed by atoms with Gasteiger partial charge in [-0.2, -0.15) is 0 Å². The van der Waals surface area contributed by atoms with Crippen LogP contribution < -0.4 is 5.32 Å². The van der Waals surface area contributed by atoms with Gasteiger partial charge in [-0.3, -0.25) is 4.99 Å². The minimum absolute atomic E-state index is 0.337. The Hall–Kier alpha value is -1.64. The maximum Gasteiger partial charge on any atom is 0.149 e. The molecular formula is C10H10N2O. The maximum atomic E-state index is 10.7. The van der Waals surface area contributed by atoms with Gasteiger partial charge in [0.25, 0.3) is 0 Å². The van der Waals surface area contributed by atoms with E-state index in [1.165, 1.54) is 0 Å². The summed E-state index contributed by atoms with van der Waals surface area (Å²) in [6.45, 7) is 2.00. The van der Waals surface area contributed by atoms with Crippen LogP contribution in [0.4, 0.5) is 5.69 Å². The van der Waals surface area contributed by atoms with Crippen LogP contribution in [0.1, 0.15) is 17.2 Å². The summed E-state index contributed by atoms with van der Waals surface area (Å²) in [5.41, 5.74) is 3.07. The number of aldehydes is 1. The molecule has 0 aliphatic carbocycles. The predicted molar refractivity (Wildman–Crippen MR) is 52.1 cm³/mol. The highest BCUT2D eigenvalue weighted by atomic mass is 16.1. The van der Waals surface area contributed by atoms with Gasteiger partial charge in [-0.15, -0.1) is 0 Å². The number of rotatable bonds is 1. The third kappa shape index (κ3) is 1.33. The van der Waals surface area contributed by atoms with E-state index in [2.05, 4.69) is 10.3 Å². The van der Waals surface area contributed by atoms with Crippen molar-refractivity contribution in [3.63, 3.8) is 0 Å². The average molecular weight is 174 g/mol. The lowest BCUT2D eigenvalue weighted by Gasteiger charge is -2.17. The van der Waals surface area contributed by atoms with Crippen molar-refractivity contribution >= 4 is 18.3 Å². The van der Waals surface area contributed by atoms with Gasteiger partial charge < -0.3 is 10.1 Å². The Kier molecular flexibility index (Phi) is 1.85. The number of aliphatic imine (C=N–C) groups is 1. The number of nitrogens with one attached hydrogen (secondary N) is 1. The van der Waals surface area contributed by atoms with Gasteiger partial charge in [0.2, 0.25) is 0 Å². The molecule has 0 aromatic heterocycles. The summed E-state index contributed by atoms with van der Waals surface area (Å²) in [4.78, 5) is 14.7. The predicted octanol–water partition coefficient (Wildman–Crippen LogP) is 1.69. The molecule has 13 heavy (non-hydrogen) atoms. The summed E-state index contributed by atoms with van der Waals surface area (Å²) < 4.78 is 0. The monoisotopic (exact) mass is 174 g/mol. The van der Waals surface area contributed by atoms with Crippen molar-refractivity contribution in [2.45, 2.75) is 13.0 Å². The summed E-state index contributed by atoms with van der Waals surface area (Å²) in [6, 6.07) is 5.62. The molecule has 0 radical (unpaired) electrons. The van der Waals surface area contributed by atoms with Crippen molar-refractivity contribution in [3.05, 3.63) is 29.3 Å². The molecule has 1 aromatic rings. The van der Waals surface area contributed by atoms with E-state index in [9.17, 15) is 4.79 Å². The van der Waals surface area contributed by atoms with Crippen molar-refractivity contribution in [1.29, 1.82) is 0 Å². The number of hydrogen-bond donors (Lipinski definition) is 1. The highest BCUT2D eigenvalue weighted by molar-refractivity contribution is 5.85. The van der Waals surface area contributed by atoms with Gasteiger partial charge in [-0.05, 0) is 13.0 Å². The Morgan fingerprint density at radius 2 is 2.38 bits per heavy atom. The van der Waals surface area contributed by atoms with Crippen LogP contribution >= 0.6 is 0 Å². The molecule has 1 aromatic carbocycles. The number of aryl methyl sites for hydroxylation is 1. The van der Waals surface area contributed by atoms with Crippen molar-refractivity contribution in [1.82, 2.24) is 0 Å². The minimum atomic E-state index is -0.337. The molecule has 0 saturated heterocycles. The van der Waals surface area contributed by atoms with Crippen molar-refractivity contribution in [2.24, 2.45) is 4.99 Å². The molecular weight excluding hydrogens is 164 g/mol. The van der Waals surface area contributed by atoms with E-state index in [-0.39, 0.29) is 6.04 Å². The summed E-state index contributed by atoms with van der Waals surface area (Å²) in [6.07, 6.45) is 2.42. The van der Waals surface area contributed by atoms with Crippen molar-refractivity contribution < 1.29 is 4.79 Å². The Labute approximate surface area is 76.5 Å². The van der Waals surface area contributed by atoms with Crippen molar-refractivity contribution in [2.75, 3.05) is 5.32 Å². The molecule has 0 spiro atoms. The standard InChI is InChI=1S/C10H10N2O/c1-7-2-3-9-8(4-7)10(5-13)12-6-11-9/h2-6,10H,1H3,(H,11,12). The third-order valence-corrected chi connectivity index (χ3v) is 2.11. The lowest BCUT2D eigenvalue weighted by molar-refractivity contribution is -0.108. The molecule has 1 N–H and O–H groups in total. The minimum Gasteiger partial charge on any atom is -0.346 e. The third-order valence-electron chi connectivity index (χ3n) is 2.11. The zero-order chi connectivity index (χ0) is 9.26. The molecule has 3 nitrogen and oxygen atoms in total. The fourth-order valence-corrected chi connectivity index (χ4v) is 1.43. The lowest BCUT2D eigenvalue weighted by Crippen LogP contribution is -2.11. The summed E-state index contributed by atoms with van der Waals surface area (Å²) in [5.74, 6) is 0. The Morgan fingerprint density at radius 3 is 3.15 bits per heavy atom. The van der Waals surface area contributed by atoms with E-state index in [1.807, 2.05) is 25.1 Å². The second-order valence-electron chi connectivity index (χ2n) is 3.09. The second-order valence-corrected chi connectivity index (χ2v) is 3.09. The molecule has 1 unspecified atom stereocenters. The molecule has 3 heteroatoms. The molecule has 0 bridgehead atoms. The van der Waals surface area contributed by atoms with Gasteiger partial charge in [0.1, 0.15) is 12.3 Å². The van der Waals surface area contributed by atoms with Gasteiger partial charge in [0, 0.05) is 11.3 Å². The number of benzene rings is 1. The Balaban J connectivity index is 2.52. The molecule has 2 rings (SSSR count). The maximum absolute atomic E-state index is 10.7. The first-order valence-corrected chi connectivity index (χ1v) is 4.15. The molecule has 1 atom stereocenters. The number of carbonyl (C=O) groups excluding carboxylic acids is 1. The quantitative estimate of drug-likeness (QED) is 0.658. The molecule has 66 valence electrons. The summed E-state index contributed by atoms with van der Waals surface area (Å²) >= 11 is 0. The summed E-state index contributed by atoms with van der Waals surface area (Å²) in [5, 5.41) is 3.00. The van der Waals surface area contributed by atoms with Gasteiger partial charge in [0.05, 0.1) is 6.34 Å². The molecule has 1 heterocycles. The molecule has 1 aliphatic heterocycles. The fraction of sp³-hybridized carbons (Fsp3) is 0.200. The second kappa shape index (κ2) is 3.01. The van der Waals surface area contributed by atoms with E-state index < -0.39 is 0 Å². The van der Waals surface area contributed by atoms with Crippen LogP contribution in [-0.2, 0) is 4.79 Å². The fourth-order valence-electron chi connectivity index (χ4n) is 1.43. The molecule has 0 amide bonds. The van der Waals surface area contributed by atoms with Crippen LogP contribution in [-0.4, -0.2) is 12.6 Å². The first-order chi connectivity index (χ1) is 6.31. The zero-order valence-corrected chi connectivity index (χ0v) is 7.32. The molecule has 0 saturated carbocycles. The normalized spacial score (nSPS) is 19.0. The number of fused-ring (bicyclic) bond motifs is 1. The van der Waals surface area contributed by atoms with E-state index in [4.69, 9.17) is 0 Å². The van der Waals surface area contributed by atoms with Gasteiger partial charge >= 0.3 is 0 Å². The molecule has 1 aliphatic rings. The Bertz CT molecular complexity index is 371. The zero-order valence-electron chi connectivity index (χ0n) is 7.32. The Morgan fingerprint density at radius 1 is 1.54 bits per heavy atom. The lowest BCUT2D eigenvalue weighted by atomic mass is 10.0. The van der Waals surface area contributed by atoms with Crippen LogP contribution in [0.15, 0.2) is 23.2 Å². The smallest absolute Gasteiger partial charge is 0.149 e. The van der Waals surface area contributed by atoms with E-state index >= 15 is 0 Å². The molecule has 0 fully saturated rings. The van der Waals surface area contributed by atoms with E-state index in [1.54, 1.807) is 6.34 Å². The van der Waals surface area contributed by atoms with Crippen LogP contribution in [0.2, 0.25) is 0 Å². The highest BCUT2D eigenvalue weighted by Crippen LogP contribution is 2.27. The van der Waals surface area contributed by atoms with Crippen LogP contribution in [0.5, 0.6) is 0 Å².